The van der Waals surface area contributed by atoms with Crippen LogP contribution >= 0.6 is 0 Å². The summed E-state index contributed by atoms with van der Waals surface area (Å²) in [7, 11) is 0. The molecule has 0 aliphatic rings. The van der Waals surface area contributed by atoms with Crippen LogP contribution in [0.1, 0.15) is 22.3 Å². The van der Waals surface area contributed by atoms with E-state index in [0.717, 1.165) is 77.6 Å². The predicted molar refractivity (Wildman–Crippen MR) is 331 cm³/mol. The Bertz CT molecular complexity index is 5020. The molecule has 0 unspecified atom stereocenters. The third-order valence-electron chi connectivity index (χ3n) is 16.1. The monoisotopic (exact) mass is 1060 g/mol. The number of para-hydroxylation sites is 4. The molecule has 9 heteroatoms. The van der Waals surface area contributed by atoms with E-state index in [0.29, 0.717) is 61.7 Å². The van der Waals surface area contributed by atoms with E-state index in [-0.39, 0.29) is 0 Å². The molecule has 0 atom stereocenters. The molecule has 0 aliphatic carbocycles. The molecule has 15 aromatic rings. The molecule has 15 rings (SSSR count). The highest BCUT2D eigenvalue weighted by atomic mass is 15.0. The van der Waals surface area contributed by atoms with Gasteiger partial charge >= 0.3 is 0 Å². The molecule has 4 aromatic heterocycles. The maximum absolute atomic E-state index is 10.8. The van der Waals surface area contributed by atoms with Gasteiger partial charge < -0.3 is 13.7 Å². The van der Waals surface area contributed by atoms with Gasteiger partial charge in [0.15, 0.2) is 5.82 Å². The lowest BCUT2D eigenvalue weighted by Crippen LogP contribution is -1.98. The van der Waals surface area contributed by atoms with Crippen LogP contribution in [0.2, 0.25) is 0 Å². The zero-order chi connectivity index (χ0) is 55.7. The lowest BCUT2D eigenvalue weighted by Gasteiger charge is -2.14. The van der Waals surface area contributed by atoms with Crippen LogP contribution in [-0.4, -0.2) is 23.7 Å². The second kappa shape index (κ2) is 19.3. The third-order valence-corrected chi connectivity index (χ3v) is 16.1. The van der Waals surface area contributed by atoms with Gasteiger partial charge in [0.2, 0.25) is 0 Å². The normalized spacial score (nSPS) is 11.3. The SMILES string of the molecule is N#Cc1cc(-c2ccc(-n3c4ccc(-n5c6ccccc6c6ccccc65)cc4c4cc(-n5c6ccccc6c6ccccc65)ccc43)cc2)c(C#N)cc1-c1ccc(-c2cc(-c3ccccc3C#N)nc(-c3ccccc3C#N)n2)cc1. The fourth-order valence-corrected chi connectivity index (χ4v) is 12.3. The quantitative estimate of drug-likeness (QED) is 0.149. The van der Waals surface area contributed by atoms with E-state index in [1.807, 2.05) is 78.9 Å². The fraction of sp³-hybridized carbons (Fsp3) is 0. The lowest BCUT2D eigenvalue weighted by atomic mass is 9.91. The van der Waals surface area contributed by atoms with Crippen molar-refractivity contribution in [1.82, 2.24) is 23.7 Å². The number of hydrogen-bond donors (Lipinski definition) is 0. The minimum atomic E-state index is 0.353. The first-order valence-corrected chi connectivity index (χ1v) is 27.1. The van der Waals surface area contributed by atoms with Crippen molar-refractivity contribution in [2.45, 2.75) is 0 Å². The number of hydrogen-bond acceptors (Lipinski definition) is 6. The molecular weight excluding hydrogens is 1010 g/mol. The Morgan fingerprint density at radius 2 is 0.602 bits per heavy atom. The van der Waals surface area contributed by atoms with Crippen molar-refractivity contribution < 1.29 is 0 Å². The highest BCUT2D eigenvalue weighted by Gasteiger charge is 2.21. The average Bonchev–Trinajstić information content (AvgIpc) is 3.69. The second-order valence-electron chi connectivity index (χ2n) is 20.5. The van der Waals surface area contributed by atoms with E-state index in [1.165, 1.54) is 21.5 Å². The van der Waals surface area contributed by atoms with Gasteiger partial charge in [-0.1, -0.05) is 140 Å². The number of nitrogens with zero attached hydrogens (tertiary/aromatic N) is 9. The first kappa shape index (κ1) is 48.0. The standard InChI is InChI=1S/C74H41N9/c75-42-49-13-1-3-15-56(49)67-41-66(79-74(80-67)57-16-4-2-14-50(57)43-76)48-27-25-46(26-28-48)62-37-52(45-78)63(38-51(62)44-77)47-29-31-53(32-30-47)81-72-35-33-54(82-68-21-9-5-17-58(68)59-18-6-10-22-69(59)82)39-64(72)65-40-55(34-36-73(65)81)83-70-23-11-7-19-60(70)61-20-8-12-24-71(61)83/h1-41H. The van der Waals surface area contributed by atoms with E-state index in [1.54, 1.807) is 24.3 Å². The number of fused-ring (bicyclic) bond motifs is 9. The molecule has 0 fully saturated rings. The summed E-state index contributed by atoms with van der Waals surface area (Å²) in [5.74, 6) is 0.353. The van der Waals surface area contributed by atoms with Crippen LogP contribution < -0.4 is 0 Å². The van der Waals surface area contributed by atoms with Gasteiger partial charge in [-0.2, -0.15) is 21.0 Å². The zero-order valence-corrected chi connectivity index (χ0v) is 44.2. The Balaban J connectivity index is 0.823. The summed E-state index contributed by atoms with van der Waals surface area (Å²) in [5.41, 5.74) is 17.4. The third kappa shape index (κ3) is 7.74. The highest BCUT2D eigenvalue weighted by molar-refractivity contribution is 6.14. The van der Waals surface area contributed by atoms with E-state index >= 15 is 0 Å². The first-order valence-electron chi connectivity index (χ1n) is 27.1. The maximum atomic E-state index is 10.8. The van der Waals surface area contributed by atoms with Crippen LogP contribution in [0.25, 0.3) is 139 Å². The smallest absolute Gasteiger partial charge is 0.161 e. The van der Waals surface area contributed by atoms with Crippen LogP contribution in [-0.2, 0) is 0 Å². The van der Waals surface area contributed by atoms with Gasteiger partial charge in [-0.15, -0.1) is 0 Å². The summed E-state index contributed by atoms with van der Waals surface area (Å²) in [5, 5.41) is 48.6. The van der Waals surface area contributed by atoms with Crippen molar-refractivity contribution >= 4 is 65.4 Å². The number of benzene rings is 11. The molecule has 0 radical (unpaired) electrons. The summed E-state index contributed by atoms with van der Waals surface area (Å²) in [4.78, 5) is 9.81. The van der Waals surface area contributed by atoms with Gasteiger partial charge in [0.25, 0.3) is 0 Å². The Kier molecular flexibility index (Phi) is 11.2. The largest absolute Gasteiger partial charge is 0.309 e. The summed E-state index contributed by atoms with van der Waals surface area (Å²) in [6.07, 6.45) is 0. The van der Waals surface area contributed by atoms with Gasteiger partial charge in [-0.05, 0) is 120 Å². The Morgan fingerprint density at radius 1 is 0.253 bits per heavy atom. The molecule has 0 saturated carbocycles. The summed E-state index contributed by atoms with van der Waals surface area (Å²) < 4.78 is 7.05. The van der Waals surface area contributed by atoms with Crippen molar-refractivity contribution in [3.63, 3.8) is 0 Å². The average molecular weight is 1060 g/mol. The minimum absolute atomic E-state index is 0.353. The van der Waals surface area contributed by atoms with Crippen molar-refractivity contribution in [2.75, 3.05) is 0 Å². The Labute approximate surface area is 476 Å². The van der Waals surface area contributed by atoms with Crippen LogP contribution in [0.5, 0.6) is 0 Å². The van der Waals surface area contributed by atoms with Gasteiger partial charge in [0, 0.05) is 77.2 Å². The van der Waals surface area contributed by atoms with Crippen LogP contribution in [0, 0.1) is 45.3 Å². The van der Waals surface area contributed by atoms with E-state index in [9.17, 15) is 21.0 Å². The summed E-state index contributed by atoms with van der Waals surface area (Å²) >= 11 is 0. The number of nitriles is 4. The summed E-state index contributed by atoms with van der Waals surface area (Å²) in [6.45, 7) is 0. The predicted octanol–water partition coefficient (Wildman–Crippen LogP) is 17.6. The molecule has 4 heterocycles. The van der Waals surface area contributed by atoms with E-state index in [2.05, 4.69) is 184 Å². The topological polar surface area (TPSA) is 136 Å². The minimum Gasteiger partial charge on any atom is -0.309 e. The molecule has 0 spiro atoms. The van der Waals surface area contributed by atoms with Crippen molar-refractivity contribution in [3.8, 4) is 97.5 Å². The lowest BCUT2D eigenvalue weighted by molar-refractivity contribution is 1.16. The van der Waals surface area contributed by atoms with Crippen LogP contribution in [0.3, 0.4) is 0 Å². The Hall–Kier alpha value is -12.1. The van der Waals surface area contributed by atoms with Gasteiger partial charge in [0.05, 0.1) is 91.0 Å². The van der Waals surface area contributed by atoms with Crippen molar-refractivity contribution in [3.05, 3.63) is 271 Å². The van der Waals surface area contributed by atoms with Crippen LogP contribution in [0.15, 0.2) is 249 Å². The molecule has 0 saturated heterocycles. The van der Waals surface area contributed by atoms with Crippen LogP contribution in [0.4, 0.5) is 0 Å². The molecule has 0 amide bonds. The molecule has 83 heavy (non-hydrogen) atoms. The van der Waals surface area contributed by atoms with Gasteiger partial charge in [0.1, 0.15) is 0 Å². The molecule has 0 N–H and O–H groups in total. The maximum Gasteiger partial charge on any atom is 0.161 e. The second-order valence-corrected chi connectivity index (χ2v) is 20.5. The van der Waals surface area contributed by atoms with Gasteiger partial charge in [-0.3, -0.25) is 0 Å². The zero-order valence-electron chi connectivity index (χ0n) is 44.2. The van der Waals surface area contributed by atoms with Gasteiger partial charge in [-0.25, -0.2) is 9.97 Å². The molecule has 11 aromatic carbocycles. The van der Waals surface area contributed by atoms with E-state index in [4.69, 9.17) is 9.97 Å². The number of aromatic nitrogens is 5. The van der Waals surface area contributed by atoms with Crippen molar-refractivity contribution in [1.29, 1.82) is 21.0 Å². The Morgan fingerprint density at radius 3 is 1.07 bits per heavy atom. The highest BCUT2D eigenvalue weighted by Crippen LogP contribution is 2.41. The molecule has 0 bridgehead atoms. The summed E-state index contributed by atoms with van der Waals surface area (Å²) in [6, 6.07) is 93.1. The molecule has 9 nitrogen and oxygen atoms in total. The first-order chi connectivity index (χ1) is 41.0. The fourth-order valence-electron chi connectivity index (χ4n) is 12.3. The molecular formula is C74H41N9. The molecule has 382 valence electrons. The molecule has 0 aliphatic heterocycles. The van der Waals surface area contributed by atoms with E-state index < -0.39 is 0 Å². The number of rotatable bonds is 8. The van der Waals surface area contributed by atoms with Crippen molar-refractivity contribution in [2.24, 2.45) is 0 Å².